The average Bonchev–Trinajstić information content (AvgIpc) is 3.87. The molecule has 0 radical (unpaired) electrons. The number of hydrogen-bond donors (Lipinski definition) is 1. The van der Waals surface area contributed by atoms with E-state index in [4.69, 9.17) is 14.4 Å². The van der Waals surface area contributed by atoms with E-state index in [1.807, 2.05) is 6.07 Å². The zero-order chi connectivity index (χ0) is 43.9. The molecule has 4 nitrogen and oxygen atoms in total. The monoisotopic (exact) mass is 845 g/mol. The summed E-state index contributed by atoms with van der Waals surface area (Å²) < 4.78 is 6.63. The van der Waals surface area contributed by atoms with Crippen LogP contribution in [0.4, 0.5) is 0 Å². The van der Waals surface area contributed by atoms with Gasteiger partial charge in [-0.3, -0.25) is 0 Å². The molecule has 10 aromatic carbocycles. The van der Waals surface area contributed by atoms with Gasteiger partial charge in [0.1, 0.15) is 23.2 Å². The number of nitrogens with zero attached hydrogens (tertiary/aromatic N) is 2. The van der Waals surface area contributed by atoms with Crippen LogP contribution >= 0.6 is 0 Å². The lowest BCUT2D eigenvalue weighted by Crippen LogP contribution is -2.35. The number of amidine groups is 2. The second-order valence-corrected chi connectivity index (χ2v) is 18.0. The molecular weight excluding hydrogens is 803 g/mol. The zero-order valence-electron chi connectivity index (χ0n) is 36.6. The Bertz CT molecular complexity index is 3800. The molecule has 0 spiro atoms. The first kappa shape index (κ1) is 38.1. The smallest absolute Gasteiger partial charge is 0.159 e. The Morgan fingerprint density at radius 1 is 0.439 bits per heavy atom. The van der Waals surface area contributed by atoms with E-state index in [2.05, 4.69) is 225 Å². The average molecular weight is 846 g/mol. The van der Waals surface area contributed by atoms with E-state index in [0.29, 0.717) is 5.84 Å². The molecule has 2 heterocycles. The first-order valence-electron chi connectivity index (χ1n) is 22.8. The van der Waals surface area contributed by atoms with Gasteiger partial charge in [0.05, 0.1) is 0 Å². The highest BCUT2D eigenvalue weighted by atomic mass is 16.3. The van der Waals surface area contributed by atoms with Gasteiger partial charge in [-0.15, -0.1) is 0 Å². The Morgan fingerprint density at radius 3 is 1.77 bits per heavy atom. The van der Waals surface area contributed by atoms with E-state index in [9.17, 15) is 0 Å². The molecule has 0 bridgehead atoms. The minimum Gasteiger partial charge on any atom is -0.456 e. The summed E-state index contributed by atoms with van der Waals surface area (Å²) in [5.74, 6) is 1.53. The van der Waals surface area contributed by atoms with Gasteiger partial charge >= 0.3 is 0 Å². The Hall–Kier alpha value is -8.34. The highest BCUT2D eigenvalue weighted by Gasteiger charge is 2.38. The van der Waals surface area contributed by atoms with Crippen molar-refractivity contribution in [3.63, 3.8) is 0 Å². The van der Waals surface area contributed by atoms with Crippen LogP contribution in [0.1, 0.15) is 47.8 Å². The summed E-state index contributed by atoms with van der Waals surface area (Å²) in [5.41, 5.74) is 16.8. The lowest BCUT2D eigenvalue weighted by Gasteiger charge is -2.28. The van der Waals surface area contributed by atoms with Gasteiger partial charge < -0.3 is 9.73 Å². The van der Waals surface area contributed by atoms with E-state index in [-0.39, 0.29) is 11.6 Å². The van der Waals surface area contributed by atoms with E-state index in [1.165, 1.54) is 60.5 Å². The lowest BCUT2D eigenvalue weighted by atomic mass is 9.80. The van der Waals surface area contributed by atoms with E-state index in [0.717, 1.165) is 61.2 Å². The van der Waals surface area contributed by atoms with Gasteiger partial charge in [-0.1, -0.05) is 208 Å². The lowest BCUT2D eigenvalue weighted by molar-refractivity contribution is 0.650. The second kappa shape index (κ2) is 14.9. The first-order valence-corrected chi connectivity index (χ1v) is 22.8. The van der Waals surface area contributed by atoms with Gasteiger partial charge in [-0.25, -0.2) is 9.98 Å². The molecule has 0 fully saturated rings. The van der Waals surface area contributed by atoms with Crippen molar-refractivity contribution in [1.29, 1.82) is 0 Å². The molecule has 13 rings (SSSR count). The number of fused-ring (bicyclic) bond motifs is 9. The van der Waals surface area contributed by atoms with Crippen molar-refractivity contribution in [2.75, 3.05) is 0 Å². The zero-order valence-corrected chi connectivity index (χ0v) is 36.6. The fourth-order valence-electron chi connectivity index (χ4n) is 10.9. The Labute approximate surface area is 383 Å². The van der Waals surface area contributed by atoms with Crippen LogP contribution in [-0.2, 0) is 5.41 Å². The topological polar surface area (TPSA) is 49.9 Å². The molecule has 1 aliphatic carbocycles. The summed E-state index contributed by atoms with van der Waals surface area (Å²) in [6, 6.07) is 76.1. The van der Waals surface area contributed by atoms with Crippen molar-refractivity contribution in [1.82, 2.24) is 5.32 Å². The maximum absolute atomic E-state index is 6.63. The molecule has 0 amide bonds. The molecular formula is C62H43N3O. The SMILES string of the molecule is CC1(C)c2ccccc2-c2cccc(C3=NC(c4ccc(-c5cccc6oc7ccc(-c8c(-c9ccccc9)c9ccccc9c9ccccc89)cc7c56)cc4)=NC(c4ccccc4)N3)c21. The van der Waals surface area contributed by atoms with Crippen molar-refractivity contribution >= 4 is 55.2 Å². The first-order chi connectivity index (χ1) is 32.5. The van der Waals surface area contributed by atoms with Crippen LogP contribution in [-0.4, -0.2) is 11.7 Å². The fourth-order valence-corrected chi connectivity index (χ4v) is 10.9. The number of rotatable bonds is 6. The summed E-state index contributed by atoms with van der Waals surface area (Å²) in [5, 5.41) is 10.9. The summed E-state index contributed by atoms with van der Waals surface area (Å²) >= 11 is 0. The third-order valence-corrected chi connectivity index (χ3v) is 13.9. The summed E-state index contributed by atoms with van der Waals surface area (Å²) in [6.45, 7) is 4.65. The largest absolute Gasteiger partial charge is 0.456 e. The standard InChI is InChI=1S/C62H43N3O/c1-62(2)52-29-14-13-23-46(52)49-27-15-28-50(58(49)62)61-64-59(40-19-7-4-8-20-40)63-60(65-61)41-33-31-38(32-34-41)43-26-16-30-54-57(43)51-37-42(35-36-53(51)66-54)56-48-25-12-10-22-45(48)44-21-9-11-24-47(44)55(56)39-17-5-3-6-18-39/h3-37,59H,1-2H3,(H,63,64,65). The quantitative estimate of drug-likeness (QED) is 0.170. The molecule has 0 saturated carbocycles. The van der Waals surface area contributed by atoms with Crippen LogP contribution in [0.25, 0.3) is 88.0 Å². The molecule has 1 N–H and O–H groups in total. The predicted molar refractivity (Wildman–Crippen MR) is 274 cm³/mol. The minimum absolute atomic E-state index is 0.197. The number of nitrogens with one attached hydrogen (secondary N) is 1. The van der Waals surface area contributed by atoms with E-state index >= 15 is 0 Å². The van der Waals surface area contributed by atoms with Gasteiger partial charge in [-0.2, -0.15) is 0 Å². The molecule has 11 aromatic rings. The maximum atomic E-state index is 6.63. The van der Waals surface area contributed by atoms with Crippen molar-refractivity contribution in [2.24, 2.45) is 9.98 Å². The van der Waals surface area contributed by atoms with Crippen LogP contribution in [0.5, 0.6) is 0 Å². The molecule has 2 aliphatic rings. The van der Waals surface area contributed by atoms with Gasteiger partial charge in [0.2, 0.25) is 0 Å². The predicted octanol–water partition coefficient (Wildman–Crippen LogP) is 15.7. The molecule has 4 heteroatoms. The fraction of sp³-hybridized carbons (Fsp3) is 0.0645. The van der Waals surface area contributed by atoms with Gasteiger partial charge in [0.25, 0.3) is 0 Å². The van der Waals surface area contributed by atoms with E-state index < -0.39 is 0 Å². The maximum Gasteiger partial charge on any atom is 0.159 e. The normalized spacial score (nSPS) is 15.1. The highest BCUT2D eigenvalue weighted by molar-refractivity contribution is 6.23. The van der Waals surface area contributed by atoms with Gasteiger partial charge in [-0.05, 0) is 101 Å². The second-order valence-electron chi connectivity index (χ2n) is 18.0. The van der Waals surface area contributed by atoms with Crippen LogP contribution in [0.15, 0.2) is 227 Å². The Morgan fingerprint density at radius 2 is 1.02 bits per heavy atom. The number of hydrogen-bond acceptors (Lipinski definition) is 4. The third kappa shape index (κ3) is 5.92. The molecule has 1 unspecified atom stereocenters. The van der Waals surface area contributed by atoms with Crippen LogP contribution in [0.3, 0.4) is 0 Å². The van der Waals surface area contributed by atoms with Crippen molar-refractivity contribution < 1.29 is 4.42 Å². The number of benzene rings is 10. The van der Waals surface area contributed by atoms with Crippen molar-refractivity contribution in [3.8, 4) is 44.5 Å². The van der Waals surface area contributed by atoms with Gasteiger partial charge in [0.15, 0.2) is 5.84 Å². The summed E-state index contributed by atoms with van der Waals surface area (Å²) in [7, 11) is 0. The molecule has 1 aromatic heterocycles. The van der Waals surface area contributed by atoms with Crippen LogP contribution < -0.4 is 5.32 Å². The van der Waals surface area contributed by atoms with Crippen molar-refractivity contribution in [3.05, 3.63) is 240 Å². The number of furan rings is 1. The van der Waals surface area contributed by atoms with E-state index in [1.54, 1.807) is 0 Å². The van der Waals surface area contributed by atoms with Crippen LogP contribution in [0, 0.1) is 0 Å². The van der Waals surface area contributed by atoms with Crippen LogP contribution in [0.2, 0.25) is 0 Å². The summed E-state index contributed by atoms with van der Waals surface area (Å²) in [4.78, 5) is 10.6. The molecule has 66 heavy (non-hydrogen) atoms. The molecule has 1 aliphatic heterocycles. The third-order valence-electron chi connectivity index (χ3n) is 13.9. The van der Waals surface area contributed by atoms with Crippen molar-refractivity contribution in [2.45, 2.75) is 25.4 Å². The highest BCUT2D eigenvalue weighted by Crippen LogP contribution is 2.51. The van der Waals surface area contributed by atoms with Gasteiger partial charge in [0, 0.05) is 27.3 Å². The molecule has 1 atom stereocenters. The molecule has 312 valence electrons. The minimum atomic E-state index is -0.307. The Balaban J connectivity index is 0.939. The molecule has 0 saturated heterocycles. The Kier molecular flexibility index (Phi) is 8.59. The summed E-state index contributed by atoms with van der Waals surface area (Å²) in [6.07, 6.45) is -0.307. The number of aliphatic imine (C=N–C) groups is 2.